The van der Waals surface area contributed by atoms with Crippen LogP contribution in [0.1, 0.15) is 10.4 Å². The van der Waals surface area contributed by atoms with Crippen molar-refractivity contribution in [2.24, 2.45) is 0 Å². The van der Waals surface area contributed by atoms with Gasteiger partial charge in [0.1, 0.15) is 5.82 Å². The van der Waals surface area contributed by atoms with Crippen molar-refractivity contribution in [3.05, 3.63) is 72.6 Å². The van der Waals surface area contributed by atoms with Crippen molar-refractivity contribution < 1.29 is 13.9 Å². The number of rotatable bonds is 3. The minimum absolute atomic E-state index is 0.103. The van der Waals surface area contributed by atoms with Gasteiger partial charge in [-0.3, -0.25) is 9.97 Å². The number of nitrogens with zero attached hydrogens (tertiary/aromatic N) is 2. The second kappa shape index (κ2) is 6.36. The van der Waals surface area contributed by atoms with Gasteiger partial charge < -0.3 is 4.74 Å². The minimum atomic E-state index is -0.714. The van der Waals surface area contributed by atoms with Gasteiger partial charge in [0, 0.05) is 30.4 Å². The Morgan fingerprint density at radius 1 is 0.913 bits per heavy atom. The molecule has 0 fully saturated rings. The van der Waals surface area contributed by atoms with Crippen LogP contribution < -0.4 is 0 Å². The van der Waals surface area contributed by atoms with Gasteiger partial charge in [0.05, 0.1) is 12.7 Å². The Bertz CT molecular complexity index is 836. The summed E-state index contributed by atoms with van der Waals surface area (Å²) >= 11 is 0. The van der Waals surface area contributed by atoms with Crippen LogP contribution in [0.2, 0.25) is 0 Å². The first-order valence-corrected chi connectivity index (χ1v) is 6.93. The summed E-state index contributed by atoms with van der Waals surface area (Å²) < 4.78 is 19.5. The summed E-state index contributed by atoms with van der Waals surface area (Å²) in [5.74, 6) is -1.32. The number of pyridine rings is 2. The highest BCUT2D eigenvalue weighted by atomic mass is 19.1. The molecule has 0 saturated carbocycles. The van der Waals surface area contributed by atoms with Crippen LogP contribution in [-0.2, 0) is 4.74 Å². The lowest BCUT2D eigenvalue weighted by Crippen LogP contribution is -2.06. The lowest BCUT2D eigenvalue weighted by atomic mass is 9.96. The normalized spacial score (nSPS) is 10.3. The molecule has 23 heavy (non-hydrogen) atoms. The SMILES string of the molecule is COC(=O)c1cc(-c2ccncc2)cc(-c2ccncc2)c1F. The van der Waals surface area contributed by atoms with Crippen LogP contribution in [0.25, 0.3) is 22.3 Å². The van der Waals surface area contributed by atoms with Gasteiger partial charge in [-0.05, 0) is 53.1 Å². The van der Waals surface area contributed by atoms with Crippen molar-refractivity contribution in [3.8, 4) is 22.3 Å². The van der Waals surface area contributed by atoms with E-state index in [1.54, 1.807) is 55.1 Å². The average molecular weight is 308 g/mol. The van der Waals surface area contributed by atoms with Crippen molar-refractivity contribution in [3.63, 3.8) is 0 Å². The number of esters is 1. The molecule has 0 bridgehead atoms. The molecule has 0 aliphatic heterocycles. The molecule has 114 valence electrons. The van der Waals surface area contributed by atoms with E-state index in [1.165, 1.54) is 13.2 Å². The quantitative estimate of drug-likeness (QED) is 0.692. The van der Waals surface area contributed by atoms with Gasteiger partial charge in [-0.15, -0.1) is 0 Å². The van der Waals surface area contributed by atoms with Crippen LogP contribution in [-0.4, -0.2) is 23.0 Å². The van der Waals surface area contributed by atoms with Gasteiger partial charge in [-0.2, -0.15) is 0 Å². The molecule has 0 amide bonds. The van der Waals surface area contributed by atoms with E-state index in [4.69, 9.17) is 4.74 Å². The summed E-state index contributed by atoms with van der Waals surface area (Å²) in [7, 11) is 1.23. The summed E-state index contributed by atoms with van der Waals surface area (Å²) in [5, 5.41) is 0. The zero-order chi connectivity index (χ0) is 16.2. The molecular weight excluding hydrogens is 295 g/mol. The highest BCUT2D eigenvalue weighted by molar-refractivity contribution is 5.93. The molecule has 2 aromatic heterocycles. The first-order valence-electron chi connectivity index (χ1n) is 6.93. The van der Waals surface area contributed by atoms with Crippen LogP contribution in [0.3, 0.4) is 0 Å². The average Bonchev–Trinajstić information content (AvgIpc) is 2.62. The van der Waals surface area contributed by atoms with E-state index in [1.807, 2.05) is 0 Å². The summed E-state index contributed by atoms with van der Waals surface area (Å²) in [6.45, 7) is 0. The Labute approximate surface area is 132 Å². The van der Waals surface area contributed by atoms with Gasteiger partial charge in [-0.1, -0.05) is 0 Å². The molecule has 0 N–H and O–H groups in total. The van der Waals surface area contributed by atoms with E-state index in [9.17, 15) is 9.18 Å². The predicted molar refractivity (Wildman–Crippen MR) is 84.2 cm³/mol. The van der Waals surface area contributed by atoms with Crippen molar-refractivity contribution in [2.45, 2.75) is 0 Å². The molecule has 0 aliphatic rings. The Morgan fingerprint density at radius 2 is 1.48 bits per heavy atom. The number of ether oxygens (including phenoxy) is 1. The monoisotopic (exact) mass is 308 g/mol. The lowest BCUT2D eigenvalue weighted by Gasteiger charge is -2.11. The Hall–Kier alpha value is -3.08. The number of halogens is 1. The maximum Gasteiger partial charge on any atom is 0.340 e. The van der Waals surface area contributed by atoms with Crippen LogP contribution in [0.15, 0.2) is 61.2 Å². The van der Waals surface area contributed by atoms with Gasteiger partial charge in [-0.25, -0.2) is 9.18 Å². The summed E-state index contributed by atoms with van der Waals surface area (Å²) in [5.41, 5.74) is 2.40. The fraction of sp³-hybridized carbons (Fsp3) is 0.0556. The Kier molecular flexibility index (Phi) is 4.10. The van der Waals surface area contributed by atoms with E-state index >= 15 is 0 Å². The number of hydrogen-bond acceptors (Lipinski definition) is 4. The second-order valence-corrected chi connectivity index (χ2v) is 4.85. The Balaban J connectivity index is 2.25. The fourth-order valence-corrected chi connectivity index (χ4v) is 2.34. The van der Waals surface area contributed by atoms with E-state index in [-0.39, 0.29) is 5.56 Å². The summed E-state index contributed by atoms with van der Waals surface area (Å²) in [4.78, 5) is 19.8. The minimum Gasteiger partial charge on any atom is -0.465 e. The molecule has 3 rings (SSSR count). The summed E-state index contributed by atoms with van der Waals surface area (Å²) in [6, 6.07) is 10.2. The number of hydrogen-bond donors (Lipinski definition) is 0. The topological polar surface area (TPSA) is 52.1 Å². The smallest absolute Gasteiger partial charge is 0.340 e. The molecule has 0 unspecified atom stereocenters. The molecule has 0 atom stereocenters. The maximum absolute atomic E-state index is 14.8. The fourth-order valence-electron chi connectivity index (χ4n) is 2.34. The van der Waals surface area contributed by atoms with Crippen LogP contribution in [0.4, 0.5) is 4.39 Å². The molecule has 0 spiro atoms. The van der Waals surface area contributed by atoms with Crippen molar-refractivity contribution in [1.29, 1.82) is 0 Å². The van der Waals surface area contributed by atoms with Gasteiger partial charge in [0.15, 0.2) is 0 Å². The number of carbonyl (C=O) groups excluding carboxylic acids is 1. The molecule has 2 heterocycles. The predicted octanol–water partition coefficient (Wildman–Crippen LogP) is 3.74. The highest BCUT2D eigenvalue weighted by Gasteiger charge is 2.19. The number of aromatic nitrogens is 2. The van der Waals surface area contributed by atoms with Crippen molar-refractivity contribution in [1.82, 2.24) is 9.97 Å². The van der Waals surface area contributed by atoms with Crippen molar-refractivity contribution in [2.75, 3.05) is 7.11 Å². The molecule has 0 radical (unpaired) electrons. The van der Waals surface area contributed by atoms with E-state index in [0.29, 0.717) is 16.7 Å². The number of benzene rings is 1. The van der Waals surface area contributed by atoms with Gasteiger partial charge in [0.25, 0.3) is 0 Å². The third-order valence-electron chi connectivity index (χ3n) is 3.48. The van der Waals surface area contributed by atoms with E-state index < -0.39 is 11.8 Å². The maximum atomic E-state index is 14.8. The standard InChI is InChI=1S/C18H13FN2O2/c1-23-18(22)16-11-14(12-2-6-20-7-3-12)10-15(17(16)19)13-4-8-21-9-5-13/h2-11H,1H3. The number of methoxy groups -OCH3 is 1. The molecule has 5 heteroatoms. The largest absolute Gasteiger partial charge is 0.465 e. The van der Waals surface area contributed by atoms with E-state index in [0.717, 1.165) is 5.56 Å². The van der Waals surface area contributed by atoms with Crippen LogP contribution >= 0.6 is 0 Å². The van der Waals surface area contributed by atoms with Gasteiger partial charge in [0.2, 0.25) is 0 Å². The molecule has 0 saturated heterocycles. The molecule has 0 aliphatic carbocycles. The Morgan fingerprint density at radius 3 is 2.04 bits per heavy atom. The van der Waals surface area contributed by atoms with Crippen LogP contribution in [0, 0.1) is 5.82 Å². The second-order valence-electron chi connectivity index (χ2n) is 4.85. The molecule has 4 nitrogen and oxygen atoms in total. The molecule has 1 aromatic carbocycles. The van der Waals surface area contributed by atoms with E-state index in [2.05, 4.69) is 9.97 Å². The van der Waals surface area contributed by atoms with Crippen molar-refractivity contribution >= 4 is 5.97 Å². The first-order chi connectivity index (χ1) is 11.2. The third kappa shape index (κ3) is 2.94. The van der Waals surface area contributed by atoms with Gasteiger partial charge >= 0.3 is 5.97 Å². The number of carbonyl (C=O) groups is 1. The zero-order valence-electron chi connectivity index (χ0n) is 12.4. The molecule has 3 aromatic rings. The first kappa shape index (κ1) is 14.8. The third-order valence-corrected chi connectivity index (χ3v) is 3.48. The lowest BCUT2D eigenvalue weighted by molar-refractivity contribution is 0.0595. The summed E-state index contributed by atoms with van der Waals surface area (Å²) in [6.07, 6.45) is 6.43. The zero-order valence-corrected chi connectivity index (χ0v) is 12.4. The van der Waals surface area contributed by atoms with Crippen LogP contribution in [0.5, 0.6) is 0 Å². The highest BCUT2D eigenvalue weighted by Crippen LogP contribution is 2.31. The molecular formula is C18H13FN2O2.